The SMILES string of the molecule is CC(=O)O.CCN(CC)CCCl. The highest BCUT2D eigenvalue weighted by Gasteiger charge is 1.93. The van der Waals surface area contributed by atoms with Crippen molar-refractivity contribution in [2.24, 2.45) is 0 Å². The lowest BCUT2D eigenvalue weighted by atomic mass is 10.5. The lowest BCUT2D eigenvalue weighted by Gasteiger charge is -2.14. The van der Waals surface area contributed by atoms with Gasteiger partial charge in [-0.15, -0.1) is 11.6 Å². The molecule has 0 unspecified atom stereocenters. The van der Waals surface area contributed by atoms with E-state index in [1.807, 2.05) is 0 Å². The Bertz CT molecular complexity index is 101. The maximum absolute atomic E-state index is 9.00. The number of carboxylic acid groups (broad SMARTS) is 1. The van der Waals surface area contributed by atoms with E-state index in [-0.39, 0.29) is 0 Å². The summed E-state index contributed by atoms with van der Waals surface area (Å²) in [5.41, 5.74) is 0. The van der Waals surface area contributed by atoms with Crippen LogP contribution < -0.4 is 0 Å². The number of carbonyl (C=O) groups is 1. The molecule has 12 heavy (non-hydrogen) atoms. The summed E-state index contributed by atoms with van der Waals surface area (Å²) in [5.74, 6) is -0.0817. The predicted molar refractivity (Wildman–Crippen MR) is 51.8 cm³/mol. The molecular weight excluding hydrogens is 178 g/mol. The van der Waals surface area contributed by atoms with Crippen LogP contribution in [0, 0.1) is 0 Å². The van der Waals surface area contributed by atoms with Gasteiger partial charge >= 0.3 is 0 Å². The first-order chi connectivity index (χ1) is 5.58. The van der Waals surface area contributed by atoms with Crippen molar-refractivity contribution in [3.63, 3.8) is 0 Å². The highest BCUT2D eigenvalue weighted by atomic mass is 35.5. The molecule has 1 N–H and O–H groups in total. The minimum atomic E-state index is -0.833. The van der Waals surface area contributed by atoms with Crippen molar-refractivity contribution in [3.8, 4) is 0 Å². The molecular formula is C8H18ClNO2. The van der Waals surface area contributed by atoms with Crippen molar-refractivity contribution in [2.45, 2.75) is 20.8 Å². The fourth-order valence-corrected chi connectivity index (χ4v) is 0.898. The Labute approximate surface area is 79.3 Å². The van der Waals surface area contributed by atoms with Gasteiger partial charge in [-0.1, -0.05) is 13.8 Å². The molecule has 0 bridgehead atoms. The van der Waals surface area contributed by atoms with Crippen molar-refractivity contribution in [3.05, 3.63) is 0 Å². The van der Waals surface area contributed by atoms with Crippen molar-refractivity contribution >= 4 is 17.6 Å². The Morgan fingerprint density at radius 1 is 1.42 bits per heavy atom. The first-order valence-corrected chi connectivity index (χ1v) is 4.59. The molecule has 0 aromatic heterocycles. The lowest BCUT2D eigenvalue weighted by molar-refractivity contribution is -0.134. The molecule has 0 aliphatic carbocycles. The molecule has 0 atom stereocenters. The van der Waals surface area contributed by atoms with Crippen LogP contribution >= 0.6 is 11.6 Å². The van der Waals surface area contributed by atoms with E-state index >= 15 is 0 Å². The normalized spacial score (nSPS) is 9.08. The second kappa shape index (κ2) is 10.7. The van der Waals surface area contributed by atoms with Crippen LogP contribution in [-0.2, 0) is 4.79 Å². The smallest absolute Gasteiger partial charge is 0.300 e. The van der Waals surface area contributed by atoms with Gasteiger partial charge in [0, 0.05) is 19.3 Å². The molecule has 0 aliphatic heterocycles. The standard InChI is InChI=1S/C6H14ClN.C2H4O2/c1-3-8(4-2)6-5-7;1-2(3)4/h3-6H2,1-2H3;1H3,(H,3,4). The molecule has 0 saturated carbocycles. The summed E-state index contributed by atoms with van der Waals surface area (Å²) in [7, 11) is 0. The van der Waals surface area contributed by atoms with Gasteiger partial charge in [-0.2, -0.15) is 0 Å². The highest BCUT2D eigenvalue weighted by molar-refractivity contribution is 6.18. The fourth-order valence-electron chi connectivity index (χ4n) is 0.659. The average molecular weight is 196 g/mol. The second-order valence-electron chi connectivity index (χ2n) is 2.23. The molecule has 0 radical (unpaired) electrons. The van der Waals surface area contributed by atoms with E-state index in [2.05, 4.69) is 18.7 Å². The number of nitrogens with zero attached hydrogens (tertiary/aromatic N) is 1. The van der Waals surface area contributed by atoms with E-state index in [0.717, 1.165) is 32.4 Å². The monoisotopic (exact) mass is 195 g/mol. The summed E-state index contributed by atoms with van der Waals surface area (Å²) < 4.78 is 0. The first kappa shape index (κ1) is 14.3. The van der Waals surface area contributed by atoms with Crippen LogP contribution in [0.1, 0.15) is 20.8 Å². The number of halogens is 1. The van der Waals surface area contributed by atoms with Crippen molar-refractivity contribution in [1.29, 1.82) is 0 Å². The minimum Gasteiger partial charge on any atom is -0.481 e. The molecule has 0 heterocycles. The molecule has 0 aliphatic rings. The van der Waals surface area contributed by atoms with Gasteiger partial charge in [0.25, 0.3) is 5.97 Å². The number of alkyl halides is 1. The Hall–Kier alpha value is -0.280. The summed E-state index contributed by atoms with van der Waals surface area (Å²) in [6.07, 6.45) is 0. The van der Waals surface area contributed by atoms with Crippen LogP contribution in [0.5, 0.6) is 0 Å². The van der Waals surface area contributed by atoms with Gasteiger partial charge in [-0.25, -0.2) is 0 Å². The predicted octanol–water partition coefficient (Wildman–Crippen LogP) is 1.66. The van der Waals surface area contributed by atoms with E-state index in [1.165, 1.54) is 0 Å². The molecule has 0 aromatic rings. The molecule has 0 aromatic carbocycles. The zero-order valence-corrected chi connectivity index (χ0v) is 8.76. The third-order valence-corrected chi connectivity index (χ3v) is 1.46. The number of aliphatic carboxylic acids is 1. The van der Waals surface area contributed by atoms with Gasteiger partial charge in [0.15, 0.2) is 0 Å². The largest absolute Gasteiger partial charge is 0.481 e. The van der Waals surface area contributed by atoms with E-state index in [0.29, 0.717) is 0 Å². The summed E-state index contributed by atoms with van der Waals surface area (Å²) in [4.78, 5) is 11.3. The lowest BCUT2D eigenvalue weighted by Crippen LogP contribution is -2.24. The second-order valence-corrected chi connectivity index (χ2v) is 2.61. The molecule has 0 saturated heterocycles. The van der Waals surface area contributed by atoms with Crippen LogP contribution in [0.3, 0.4) is 0 Å². The summed E-state index contributed by atoms with van der Waals surface area (Å²) >= 11 is 5.51. The van der Waals surface area contributed by atoms with E-state index in [9.17, 15) is 0 Å². The maximum atomic E-state index is 9.00. The van der Waals surface area contributed by atoms with E-state index < -0.39 is 5.97 Å². The Balaban J connectivity index is 0. The van der Waals surface area contributed by atoms with Crippen molar-refractivity contribution in [2.75, 3.05) is 25.5 Å². The Morgan fingerprint density at radius 3 is 1.83 bits per heavy atom. The highest BCUT2D eigenvalue weighted by Crippen LogP contribution is 1.86. The molecule has 74 valence electrons. The third kappa shape index (κ3) is 16.4. The number of hydrogen-bond donors (Lipinski definition) is 1. The molecule has 0 spiro atoms. The van der Waals surface area contributed by atoms with Gasteiger partial charge in [0.1, 0.15) is 0 Å². The van der Waals surface area contributed by atoms with Crippen molar-refractivity contribution < 1.29 is 9.90 Å². The zero-order valence-electron chi connectivity index (χ0n) is 8.01. The maximum Gasteiger partial charge on any atom is 0.300 e. The van der Waals surface area contributed by atoms with Crippen LogP contribution in [0.15, 0.2) is 0 Å². The topological polar surface area (TPSA) is 40.5 Å². The van der Waals surface area contributed by atoms with Gasteiger partial charge < -0.3 is 10.0 Å². The third-order valence-electron chi connectivity index (χ3n) is 1.30. The van der Waals surface area contributed by atoms with Crippen LogP contribution in [0.4, 0.5) is 0 Å². The Morgan fingerprint density at radius 2 is 1.75 bits per heavy atom. The van der Waals surface area contributed by atoms with E-state index in [4.69, 9.17) is 21.5 Å². The summed E-state index contributed by atoms with van der Waals surface area (Å²) in [6.45, 7) is 8.63. The fraction of sp³-hybridized carbons (Fsp3) is 0.875. The molecule has 0 amide bonds. The zero-order chi connectivity index (χ0) is 9.98. The summed E-state index contributed by atoms with van der Waals surface area (Å²) in [5, 5.41) is 7.42. The van der Waals surface area contributed by atoms with Crippen LogP contribution in [0.25, 0.3) is 0 Å². The van der Waals surface area contributed by atoms with Crippen molar-refractivity contribution in [1.82, 2.24) is 4.90 Å². The molecule has 0 fully saturated rings. The molecule has 0 rings (SSSR count). The quantitative estimate of drug-likeness (QED) is 0.694. The number of hydrogen-bond acceptors (Lipinski definition) is 2. The van der Waals surface area contributed by atoms with Gasteiger partial charge in [-0.05, 0) is 13.1 Å². The molecule has 4 heteroatoms. The van der Waals surface area contributed by atoms with Crippen LogP contribution in [0.2, 0.25) is 0 Å². The van der Waals surface area contributed by atoms with Crippen LogP contribution in [-0.4, -0.2) is 41.5 Å². The van der Waals surface area contributed by atoms with Gasteiger partial charge in [0.05, 0.1) is 0 Å². The van der Waals surface area contributed by atoms with E-state index in [1.54, 1.807) is 0 Å². The molecule has 3 nitrogen and oxygen atoms in total. The number of rotatable bonds is 4. The number of carboxylic acids is 1. The van der Waals surface area contributed by atoms with Gasteiger partial charge in [0.2, 0.25) is 0 Å². The van der Waals surface area contributed by atoms with Gasteiger partial charge in [-0.3, -0.25) is 4.79 Å². The Kier molecular flexibility index (Phi) is 12.7. The summed E-state index contributed by atoms with van der Waals surface area (Å²) in [6, 6.07) is 0. The average Bonchev–Trinajstić information content (AvgIpc) is 1.99. The minimum absolute atomic E-state index is 0.752. The first-order valence-electron chi connectivity index (χ1n) is 4.06.